The van der Waals surface area contributed by atoms with Crippen LogP contribution in [0.1, 0.15) is 13.9 Å². The first-order valence-corrected chi connectivity index (χ1v) is 9.39. The second-order valence-electron chi connectivity index (χ2n) is 6.31. The van der Waals surface area contributed by atoms with Crippen LogP contribution >= 0.6 is 0 Å². The molecule has 32 heavy (non-hydrogen) atoms. The first-order valence-electron chi connectivity index (χ1n) is 9.39. The second kappa shape index (κ2) is 16.1. The van der Waals surface area contributed by atoms with Gasteiger partial charge in [0.25, 0.3) is 0 Å². The maximum absolute atomic E-state index is 11.8. The minimum absolute atomic E-state index is 0. The molecular formula is C21H29N3O8. The number of hydrogen-bond acceptors (Lipinski definition) is 7. The molecule has 2 amide bonds. The van der Waals surface area contributed by atoms with E-state index in [0.29, 0.717) is 18.8 Å². The van der Waals surface area contributed by atoms with Gasteiger partial charge in [0, 0.05) is 13.1 Å². The molecule has 0 saturated carbocycles. The second-order valence-corrected chi connectivity index (χ2v) is 6.31. The van der Waals surface area contributed by atoms with E-state index in [9.17, 15) is 9.90 Å². The summed E-state index contributed by atoms with van der Waals surface area (Å²) in [6.45, 7) is 2.77. The molecule has 11 heteroatoms. The minimum atomic E-state index is -2.07. The van der Waals surface area contributed by atoms with Crippen LogP contribution in [0.25, 0.3) is 0 Å². The van der Waals surface area contributed by atoms with Crippen molar-refractivity contribution in [3.8, 4) is 5.75 Å². The molecule has 0 bridgehead atoms. The smallest absolute Gasteiger partial charge is 0.539 e. The van der Waals surface area contributed by atoms with Crippen molar-refractivity contribution in [1.82, 2.24) is 16.0 Å². The summed E-state index contributed by atoms with van der Waals surface area (Å²) in [6.07, 6.45) is -0.945. The molecule has 0 aromatic heterocycles. The number of benzene rings is 2. The van der Waals surface area contributed by atoms with Crippen molar-refractivity contribution in [2.24, 2.45) is 0 Å². The van der Waals surface area contributed by atoms with Crippen LogP contribution in [-0.4, -0.2) is 59.1 Å². The lowest BCUT2D eigenvalue weighted by Crippen LogP contribution is -2.49. The average molecular weight is 451 g/mol. The van der Waals surface area contributed by atoms with E-state index in [1.54, 1.807) is 0 Å². The number of hydrogen-bond donors (Lipinski definition) is 5. The van der Waals surface area contributed by atoms with Gasteiger partial charge >= 0.3 is 13.4 Å². The molecule has 2 unspecified atom stereocenters. The van der Waals surface area contributed by atoms with E-state index in [-0.39, 0.29) is 25.7 Å². The van der Waals surface area contributed by atoms with Crippen LogP contribution in [0.15, 0.2) is 60.7 Å². The Morgan fingerprint density at radius 2 is 1.59 bits per heavy atom. The number of ether oxygens (including phenoxy) is 1. The van der Waals surface area contributed by atoms with Gasteiger partial charge in [-0.15, -0.1) is 0 Å². The molecule has 0 spiro atoms. The number of carboxylic acid groups (broad SMARTS) is 2. The first-order chi connectivity index (χ1) is 14.8. The quantitative estimate of drug-likeness (QED) is 0.236. The van der Waals surface area contributed by atoms with E-state index in [2.05, 4.69) is 16.0 Å². The summed E-state index contributed by atoms with van der Waals surface area (Å²) in [6, 6.07) is 18.7. The molecule has 2 aromatic carbocycles. The molecule has 0 aliphatic heterocycles. The number of carboxylic acids is 2. The lowest BCUT2D eigenvalue weighted by molar-refractivity contribution is -0.303. The Morgan fingerprint density at radius 1 is 1.06 bits per heavy atom. The molecule has 0 aliphatic rings. The Hall–Kier alpha value is -3.67. The fourth-order valence-corrected chi connectivity index (χ4v) is 2.16. The van der Waals surface area contributed by atoms with E-state index >= 15 is 0 Å². The van der Waals surface area contributed by atoms with Gasteiger partial charge in [-0.1, -0.05) is 48.5 Å². The van der Waals surface area contributed by atoms with Crippen LogP contribution < -0.4 is 25.8 Å². The van der Waals surface area contributed by atoms with E-state index in [0.717, 1.165) is 5.56 Å². The van der Waals surface area contributed by atoms with Crippen LogP contribution in [0, 0.1) is 0 Å². The molecular weight excluding hydrogens is 422 g/mol. The van der Waals surface area contributed by atoms with Crippen molar-refractivity contribution in [2.45, 2.75) is 25.7 Å². The highest BCUT2D eigenvalue weighted by molar-refractivity contribution is 6.26. The van der Waals surface area contributed by atoms with Gasteiger partial charge in [0.1, 0.15) is 18.5 Å². The standard InChI is InChI=1S/C19H25N3O3.C2H2O4.H2O/c1-15(22-19(24)21-12-16-8-4-2-5-9-16)20-13-17(23)14-25-18-10-6-3-7-11-18;3-1(4)2(5)6;/h2-11,15,17,20,23H,12-14H2,1H3,(H2,21,22,24);(H,3,4)(H,5,6);1H2. The van der Waals surface area contributed by atoms with E-state index in [4.69, 9.17) is 24.5 Å². The van der Waals surface area contributed by atoms with Crippen LogP contribution in [0.4, 0.5) is 4.79 Å². The van der Waals surface area contributed by atoms with E-state index in [1.165, 1.54) is 0 Å². The number of rotatable bonds is 9. The Kier molecular flexibility index (Phi) is 14.2. The maximum Gasteiger partial charge on any atom is 1.00 e. The van der Waals surface area contributed by atoms with Gasteiger partial charge < -0.3 is 41.0 Å². The average Bonchev–Trinajstić information content (AvgIpc) is 2.76. The molecule has 11 nitrogen and oxygen atoms in total. The van der Waals surface area contributed by atoms with Crippen molar-refractivity contribution >= 4 is 18.0 Å². The van der Waals surface area contributed by atoms with Crippen molar-refractivity contribution in [3.63, 3.8) is 0 Å². The molecule has 2 aromatic rings. The molecule has 2 atom stereocenters. The van der Waals surface area contributed by atoms with Crippen LogP contribution in [0.3, 0.4) is 0 Å². The summed E-state index contributed by atoms with van der Waals surface area (Å²) in [4.78, 5) is 29.9. The SMILES string of the molecule is CC(NCC(O)COc1ccccc1)NC(=O)NCc1ccccc1.O.O=C([O-])C(=O)O.[H+]. The monoisotopic (exact) mass is 451 g/mol. The zero-order chi connectivity index (χ0) is 23.1. The van der Waals surface area contributed by atoms with Crippen LogP contribution in [0.2, 0.25) is 0 Å². The molecule has 0 radical (unpaired) electrons. The number of aliphatic hydroxyl groups excluding tert-OH is 1. The Balaban J connectivity index is 0. The molecule has 0 heterocycles. The normalized spacial score (nSPS) is 11.4. The topological polar surface area (TPSA) is 192 Å². The summed E-state index contributed by atoms with van der Waals surface area (Å²) >= 11 is 0. The molecule has 0 aliphatic carbocycles. The Morgan fingerprint density at radius 3 is 2.12 bits per heavy atom. The highest BCUT2D eigenvalue weighted by Gasteiger charge is 2.10. The predicted octanol–water partition coefficient (Wildman–Crippen LogP) is -1.03. The fraction of sp³-hybridized carbons (Fsp3) is 0.286. The number of aliphatic carboxylic acids is 2. The highest BCUT2D eigenvalue weighted by Crippen LogP contribution is 2.08. The number of nitrogens with one attached hydrogen (secondary N) is 3. The van der Waals surface area contributed by atoms with E-state index in [1.807, 2.05) is 67.6 Å². The Labute approximate surface area is 186 Å². The minimum Gasteiger partial charge on any atom is -0.539 e. The fourth-order valence-electron chi connectivity index (χ4n) is 2.16. The third-order valence-electron chi connectivity index (χ3n) is 3.66. The number of carbonyl (C=O) groups is 3. The number of aliphatic hydroxyl groups is 1. The van der Waals surface area contributed by atoms with Crippen molar-refractivity contribution in [3.05, 3.63) is 66.2 Å². The van der Waals surface area contributed by atoms with Gasteiger partial charge in [-0.3, -0.25) is 5.32 Å². The van der Waals surface area contributed by atoms with Gasteiger partial charge in [-0.05, 0) is 24.6 Å². The Bertz CT molecular complexity index is 800. The van der Waals surface area contributed by atoms with Gasteiger partial charge in [0.15, 0.2) is 5.97 Å². The van der Waals surface area contributed by atoms with Crippen LogP contribution in [-0.2, 0) is 16.1 Å². The molecule has 0 fully saturated rings. The van der Waals surface area contributed by atoms with Crippen molar-refractivity contribution < 1.29 is 41.3 Å². The predicted molar refractivity (Wildman–Crippen MR) is 115 cm³/mol. The molecule has 2 rings (SSSR count). The maximum atomic E-state index is 11.8. The molecule has 0 saturated heterocycles. The van der Waals surface area contributed by atoms with Gasteiger partial charge in [-0.25, -0.2) is 9.59 Å². The summed E-state index contributed by atoms with van der Waals surface area (Å²) in [5.74, 6) is -3.29. The summed E-state index contributed by atoms with van der Waals surface area (Å²) < 4.78 is 5.48. The lowest BCUT2D eigenvalue weighted by Gasteiger charge is -2.19. The number of urea groups is 1. The lowest BCUT2D eigenvalue weighted by atomic mass is 10.2. The number of para-hydroxylation sites is 1. The molecule has 7 N–H and O–H groups in total. The van der Waals surface area contributed by atoms with E-state index < -0.39 is 18.0 Å². The van der Waals surface area contributed by atoms with Gasteiger partial charge in [0.2, 0.25) is 0 Å². The van der Waals surface area contributed by atoms with Gasteiger partial charge in [0.05, 0.1) is 6.17 Å². The number of amides is 2. The highest BCUT2D eigenvalue weighted by atomic mass is 16.5. The molecule has 176 valence electrons. The summed E-state index contributed by atoms with van der Waals surface area (Å²) in [7, 11) is 0. The van der Waals surface area contributed by atoms with Gasteiger partial charge in [-0.2, -0.15) is 0 Å². The number of carbonyl (C=O) groups excluding carboxylic acids is 2. The largest absolute Gasteiger partial charge is 1.00 e. The first kappa shape index (κ1) is 28.3. The zero-order valence-electron chi connectivity index (χ0n) is 18.5. The van der Waals surface area contributed by atoms with Crippen molar-refractivity contribution in [2.75, 3.05) is 13.2 Å². The summed E-state index contributed by atoms with van der Waals surface area (Å²) in [5.41, 5.74) is 1.03. The van der Waals surface area contributed by atoms with Crippen LogP contribution in [0.5, 0.6) is 5.75 Å². The third-order valence-corrected chi connectivity index (χ3v) is 3.66. The summed E-state index contributed by atoms with van der Waals surface area (Å²) in [5, 5.41) is 34.8. The zero-order valence-corrected chi connectivity index (χ0v) is 17.5. The van der Waals surface area contributed by atoms with Crippen molar-refractivity contribution in [1.29, 1.82) is 0 Å². The third kappa shape index (κ3) is 13.5.